The van der Waals surface area contributed by atoms with Crippen molar-refractivity contribution in [2.24, 2.45) is 0 Å². The zero-order valence-corrected chi connectivity index (χ0v) is 13.5. The van der Waals surface area contributed by atoms with Gasteiger partial charge in [-0.3, -0.25) is 9.59 Å². The lowest BCUT2D eigenvalue weighted by molar-refractivity contribution is -0.144. The molecule has 1 amide bonds. The van der Waals surface area contributed by atoms with Gasteiger partial charge in [0.25, 0.3) is 0 Å². The van der Waals surface area contributed by atoms with Crippen molar-refractivity contribution in [3.8, 4) is 5.75 Å². The van der Waals surface area contributed by atoms with Gasteiger partial charge in [0.1, 0.15) is 5.75 Å². The fourth-order valence-corrected chi connectivity index (χ4v) is 2.24. The molecule has 0 aliphatic carbocycles. The second kappa shape index (κ2) is 7.79. The van der Waals surface area contributed by atoms with E-state index >= 15 is 0 Å². The second-order valence-electron chi connectivity index (χ2n) is 4.60. The highest BCUT2D eigenvalue weighted by molar-refractivity contribution is 7.86. The van der Waals surface area contributed by atoms with Crippen LogP contribution in [0.5, 0.6) is 5.75 Å². The summed E-state index contributed by atoms with van der Waals surface area (Å²) in [5.41, 5.74) is 0.494. The number of hydrogen-bond acceptors (Lipinski definition) is 6. The van der Waals surface area contributed by atoms with Crippen molar-refractivity contribution in [1.82, 2.24) is 5.32 Å². The van der Waals surface area contributed by atoms with E-state index in [0.29, 0.717) is 5.56 Å². The first-order valence-electron chi connectivity index (χ1n) is 6.63. The number of rotatable bonds is 7. The minimum Gasteiger partial charge on any atom is -0.465 e. The number of carbonyl (C=O) groups is 2. The molecule has 0 heterocycles. The van der Waals surface area contributed by atoms with Gasteiger partial charge in [0, 0.05) is 13.5 Å². The van der Waals surface area contributed by atoms with Gasteiger partial charge in [-0.15, -0.1) is 0 Å². The predicted molar refractivity (Wildman–Crippen MR) is 80.0 cm³/mol. The second-order valence-corrected chi connectivity index (χ2v) is 6.18. The molecule has 0 spiro atoms. The third-order valence-corrected chi connectivity index (χ3v) is 3.13. The molecule has 122 valence electrons. The molecule has 1 aromatic rings. The Morgan fingerprint density at radius 3 is 2.55 bits per heavy atom. The highest BCUT2D eigenvalue weighted by Gasteiger charge is 2.23. The first kappa shape index (κ1) is 18.0. The molecule has 0 bridgehead atoms. The van der Waals surface area contributed by atoms with Crippen LogP contribution in [0.25, 0.3) is 0 Å². The van der Waals surface area contributed by atoms with Crippen molar-refractivity contribution >= 4 is 22.0 Å². The van der Waals surface area contributed by atoms with Gasteiger partial charge in [-0.1, -0.05) is 12.1 Å². The average Bonchev–Trinajstić information content (AvgIpc) is 2.37. The lowest BCUT2D eigenvalue weighted by Gasteiger charge is -2.17. The zero-order valence-electron chi connectivity index (χ0n) is 12.7. The van der Waals surface area contributed by atoms with Crippen molar-refractivity contribution in [3.05, 3.63) is 29.8 Å². The Morgan fingerprint density at radius 1 is 1.32 bits per heavy atom. The van der Waals surface area contributed by atoms with Gasteiger partial charge in [-0.25, -0.2) is 0 Å². The molecule has 0 aliphatic rings. The van der Waals surface area contributed by atoms with Crippen molar-refractivity contribution in [2.75, 3.05) is 19.4 Å². The largest absolute Gasteiger partial charge is 0.465 e. The molecule has 0 radical (unpaired) electrons. The summed E-state index contributed by atoms with van der Waals surface area (Å²) in [6, 6.07) is 6.10. The molecule has 8 heteroatoms. The van der Waals surface area contributed by atoms with Crippen LogP contribution in [0.3, 0.4) is 0 Å². The molecule has 0 aromatic heterocycles. The molecule has 0 fully saturated rings. The highest BCUT2D eigenvalue weighted by Crippen LogP contribution is 2.23. The van der Waals surface area contributed by atoms with Crippen LogP contribution in [0.15, 0.2) is 24.3 Å². The third kappa shape index (κ3) is 6.13. The quantitative estimate of drug-likeness (QED) is 0.587. The molecule has 1 atom stereocenters. The van der Waals surface area contributed by atoms with E-state index < -0.39 is 22.0 Å². The van der Waals surface area contributed by atoms with Gasteiger partial charge in [-0.05, 0) is 24.6 Å². The van der Waals surface area contributed by atoms with Crippen LogP contribution in [0, 0.1) is 0 Å². The molecular formula is C14H19NO6S. The van der Waals surface area contributed by atoms with E-state index in [0.717, 1.165) is 6.26 Å². The summed E-state index contributed by atoms with van der Waals surface area (Å²) in [5, 5.41) is 2.55. The van der Waals surface area contributed by atoms with E-state index in [4.69, 9.17) is 8.92 Å². The molecule has 22 heavy (non-hydrogen) atoms. The third-order valence-electron chi connectivity index (χ3n) is 2.63. The molecule has 1 N–H and O–H groups in total. The Balaban J connectivity index is 3.04. The lowest BCUT2D eigenvalue weighted by atomic mass is 9.99. The van der Waals surface area contributed by atoms with Gasteiger partial charge < -0.3 is 14.2 Å². The van der Waals surface area contributed by atoms with Crippen LogP contribution in [-0.2, 0) is 24.4 Å². The van der Waals surface area contributed by atoms with Gasteiger partial charge in [0.2, 0.25) is 5.91 Å². The minimum atomic E-state index is -3.66. The van der Waals surface area contributed by atoms with Gasteiger partial charge in [-0.2, -0.15) is 8.42 Å². The van der Waals surface area contributed by atoms with Crippen molar-refractivity contribution in [1.29, 1.82) is 0 Å². The number of nitrogens with one attached hydrogen (secondary N) is 1. The summed E-state index contributed by atoms with van der Waals surface area (Å²) < 4.78 is 32.1. The van der Waals surface area contributed by atoms with E-state index in [1.165, 1.54) is 19.1 Å². The van der Waals surface area contributed by atoms with E-state index in [2.05, 4.69) is 5.32 Å². The summed E-state index contributed by atoms with van der Waals surface area (Å²) in [7, 11) is -3.66. The van der Waals surface area contributed by atoms with E-state index in [9.17, 15) is 18.0 Å². The Bertz CT molecular complexity index is 640. The summed E-state index contributed by atoms with van der Waals surface area (Å²) in [6.07, 6.45) is 0.930. The molecule has 0 saturated heterocycles. The number of amides is 1. The topological polar surface area (TPSA) is 98.8 Å². The molecule has 0 aliphatic heterocycles. The lowest BCUT2D eigenvalue weighted by Crippen LogP contribution is -2.31. The Hall–Kier alpha value is -2.09. The Morgan fingerprint density at radius 2 is 2.00 bits per heavy atom. The van der Waals surface area contributed by atoms with Crippen LogP contribution in [0.1, 0.15) is 25.3 Å². The monoisotopic (exact) mass is 329 g/mol. The van der Waals surface area contributed by atoms with Gasteiger partial charge in [0.05, 0.1) is 18.8 Å². The number of benzene rings is 1. The van der Waals surface area contributed by atoms with Crippen LogP contribution < -0.4 is 9.50 Å². The molecule has 0 saturated carbocycles. The maximum atomic E-state index is 12.0. The average molecular weight is 329 g/mol. The maximum absolute atomic E-state index is 12.0. The fraction of sp³-hybridized carbons (Fsp3) is 0.429. The SMILES string of the molecule is CCOC(=O)C(CNC(C)=O)c1cccc(OS(C)(=O)=O)c1. The number of carbonyl (C=O) groups excluding carboxylic acids is 2. The molecule has 1 aromatic carbocycles. The number of hydrogen-bond donors (Lipinski definition) is 1. The van der Waals surface area contributed by atoms with E-state index in [1.807, 2.05) is 0 Å². The first-order chi connectivity index (χ1) is 10.2. The molecule has 7 nitrogen and oxygen atoms in total. The minimum absolute atomic E-state index is 0.0521. The van der Waals surface area contributed by atoms with Crippen LogP contribution in [0.2, 0.25) is 0 Å². The smallest absolute Gasteiger partial charge is 0.315 e. The Kier molecular flexibility index (Phi) is 6.36. The first-order valence-corrected chi connectivity index (χ1v) is 8.45. The summed E-state index contributed by atoms with van der Waals surface area (Å²) in [6.45, 7) is 3.27. The van der Waals surface area contributed by atoms with E-state index in [1.54, 1.807) is 19.1 Å². The maximum Gasteiger partial charge on any atom is 0.315 e. The van der Waals surface area contributed by atoms with Gasteiger partial charge >= 0.3 is 16.1 Å². The summed E-state index contributed by atoms with van der Waals surface area (Å²) in [5.74, 6) is -1.44. The van der Waals surface area contributed by atoms with Crippen molar-refractivity contribution in [2.45, 2.75) is 19.8 Å². The van der Waals surface area contributed by atoms with Crippen molar-refractivity contribution in [3.63, 3.8) is 0 Å². The molecule has 1 rings (SSSR count). The number of ether oxygens (including phenoxy) is 1. The van der Waals surface area contributed by atoms with E-state index in [-0.39, 0.29) is 24.8 Å². The normalized spacial score (nSPS) is 12.3. The standard InChI is InChI=1S/C14H19NO6S/c1-4-20-14(17)13(9-15-10(2)16)11-6-5-7-12(8-11)21-22(3,18)19/h5-8,13H,4,9H2,1-3H3,(H,15,16). The van der Waals surface area contributed by atoms with Crippen LogP contribution in [0.4, 0.5) is 0 Å². The number of esters is 1. The molecular weight excluding hydrogens is 310 g/mol. The highest BCUT2D eigenvalue weighted by atomic mass is 32.2. The van der Waals surface area contributed by atoms with Crippen molar-refractivity contribution < 1.29 is 26.9 Å². The summed E-state index contributed by atoms with van der Waals surface area (Å²) >= 11 is 0. The van der Waals surface area contributed by atoms with Gasteiger partial charge in [0.15, 0.2) is 0 Å². The summed E-state index contributed by atoms with van der Waals surface area (Å²) in [4.78, 5) is 23.1. The zero-order chi connectivity index (χ0) is 16.8. The predicted octanol–water partition coefficient (Wildman–Crippen LogP) is 0.808. The van der Waals surface area contributed by atoms with Crippen LogP contribution >= 0.6 is 0 Å². The Labute approximate surface area is 129 Å². The molecule has 1 unspecified atom stereocenters. The fourth-order valence-electron chi connectivity index (χ4n) is 1.78. The van der Waals surface area contributed by atoms with Crippen LogP contribution in [-0.4, -0.2) is 39.7 Å².